The summed E-state index contributed by atoms with van der Waals surface area (Å²) in [6, 6.07) is -0.833. The highest BCUT2D eigenvalue weighted by molar-refractivity contribution is 5.76. The van der Waals surface area contributed by atoms with E-state index in [9.17, 15) is 20.1 Å². The molecule has 3 atom stereocenters. The Balaban J connectivity index is 3.73. The summed E-state index contributed by atoms with van der Waals surface area (Å²) in [5.41, 5.74) is 0. The molecule has 5 heteroatoms. The van der Waals surface area contributed by atoms with E-state index in [4.69, 9.17) is 0 Å². The van der Waals surface area contributed by atoms with E-state index in [0.29, 0.717) is 12.8 Å². The number of unbranched alkanes of at least 4 members (excludes halogenated alkanes) is 16. The van der Waals surface area contributed by atoms with Crippen LogP contribution in [0.4, 0.5) is 0 Å². The van der Waals surface area contributed by atoms with Crippen molar-refractivity contribution in [2.45, 2.75) is 180 Å². The molecule has 0 aliphatic rings. The summed E-state index contributed by atoms with van der Waals surface area (Å²) in [5.74, 6) is -0.171. The lowest BCUT2D eigenvalue weighted by molar-refractivity contribution is -0.124. The van der Waals surface area contributed by atoms with Crippen molar-refractivity contribution in [2.24, 2.45) is 0 Å². The molecule has 0 rings (SSSR count). The van der Waals surface area contributed by atoms with Crippen LogP contribution < -0.4 is 5.32 Å². The van der Waals surface area contributed by atoms with Gasteiger partial charge in [-0.3, -0.25) is 4.79 Å². The monoisotopic (exact) mass is 578 g/mol. The Morgan fingerprint density at radius 2 is 1.07 bits per heavy atom. The van der Waals surface area contributed by atoms with Crippen LogP contribution in [0.15, 0.2) is 36.5 Å². The molecule has 0 fully saturated rings. The molecular weight excluding hydrogens is 510 g/mol. The normalized spacial score (nSPS) is 14.4. The van der Waals surface area contributed by atoms with Gasteiger partial charge in [0.2, 0.25) is 5.91 Å². The van der Waals surface area contributed by atoms with Gasteiger partial charge in [-0.1, -0.05) is 121 Å². The number of amides is 1. The molecule has 240 valence electrons. The molecule has 0 aromatic rings. The second-order valence-electron chi connectivity index (χ2n) is 11.7. The minimum atomic E-state index is -1.17. The number of aliphatic hydroxyl groups excluding tert-OH is 3. The van der Waals surface area contributed by atoms with Gasteiger partial charge in [0, 0.05) is 6.42 Å². The third kappa shape index (κ3) is 27.2. The Morgan fingerprint density at radius 1 is 0.610 bits per heavy atom. The number of hydrogen-bond acceptors (Lipinski definition) is 4. The molecule has 0 radical (unpaired) electrons. The van der Waals surface area contributed by atoms with Gasteiger partial charge < -0.3 is 20.6 Å². The van der Waals surface area contributed by atoms with Gasteiger partial charge in [-0.2, -0.15) is 0 Å². The number of allylic oxidation sites excluding steroid dienone is 6. The smallest absolute Gasteiger partial charge is 0.220 e. The Morgan fingerprint density at radius 3 is 1.61 bits per heavy atom. The van der Waals surface area contributed by atoms with E-state index < -0.39 is 18.2 Å². The van der Waals surface area contributed by atoms with Crippen molar-refractivity contribution in [3.05, 3.63) is 36.5 Å². The van der Waals surface area contributed by atoms with Crippen LogP contribution in [0.5, 0.6) is 0 Å². The fraction of sp³-hybridized carbons (Fsp3) is 0.806. The lowest BCUT2D eigenvalue weighted by atomic mass is 10.0. The zero-order chi connectivity index (χ0) is 30.2. The Hall–Kier alpha value is -1.43. The first-order valence-corrected chi connectivity index (χ1v) is 17.3. The van der Waals surface area contributed by atoms with Crippen molar-refractivity contribution in [3.63, 3.8) is 0 Å². The van der Waals surface area contributed by atoms with Crippen LogP contribution in [0, 0.1) is 0 Å². The highest BCUT2D eigenvalue weighted by Crippen LogP contribution is 2.13. The standard InChI is InChI=1S/C36H67NO4/c1-3-5-7-9-11-13-14-15-16-17-18-19-20-21-23-25-27-29-31-35(40)37-33(32-38)36(41)34(39)30-28-26-24-22-12-10-8-6-4-2/h6,8,18-19,22,24,33-34,36,38-39,41H,3-5,7,9-17,20-21,23,25-32H2,1-2H3,(H,37,40)/b8-6+,19-18-,24-22+. The van der Waals surface area contributed by atoms with Crippen molar-refractivity contribution in [3.8, 4) is 0 Å². The minimum Gasteiger partial charge on any atom is -0.394 e. The van der Waals surface area contributed by atoms with E-state index in [-0.39, 0.29) is 12.5 Å². The number of carbonyl (C=O) groups is 1. The topological polar surface area (TPSA) is 89.8 Å². The SMILES string of the molecule is CC/C=C/CC/C=C/CCCC(O)C(O)C(CO)NC(=O)CCCCCCC/C=C\CCCCCCCCCCC. The van der Waals surface area contributed by atoms with Crippen LogP contribution in [0.25, 0.3) is 0 Å². The van der Waals surface area contributed by atoms with E-state index in [0.717, 1.165) is 57.8 Å². The quantitative estimate of drug-likeness (QED) is 0.0507. The molecule has 0 aliphatic heterocycles. The van der Waals surface area contributed by atoms with E-state index in [2.05, 4.69) is 55.6 Å². The molecule has 1 amide bonds. The third-order valence-electron chi connectivity index (χ3n) is 7.70. The van der Waals surface area contributed by atoms with Gasteiger partial charge in [-0.05, 0) is 70.6 Å². The predicted molar refractivity (Wildman–Crippen MR) is 176 cm³/mol. The van der Waals surface area contributed by atoms with Crippen LogP contribution >= 0.6 is 0 Å². The van der Waals surface area contributed by atoms with Gasteiger partial charge in [-0.25, -0.2) is 0 Å². The highest BCUT2D eigenvalue weighted by atomic mass is 16.3. The maximum Gasteiger partial charge on any atom is 0.220 e. The molecule has 3 unspecified atom stereocenters. The second-order valence-corrected chi connectivity index (χ2v) is 11.7. The van der Waals surface area contributed by atoms with Gasteiger partial charge >= 0.3 is 0 Å². The van der Waals surface area contributed by atoms with Crippen LogP contribution in [-0.2, 0) is 4.79 Å². The number of carbonyl (C=O) groups excluding carboxylic acids is 1. The first-order chi connectivity index (χ1) is 20.1. The van der Waals surface area contributed by atoms with Crippen LogP contribution in [-0.4, -0.2) is 46.1 Å². The summed E-state index contributed by atoms with van der Waals surface area (Å²) in [6.45, 7) is 4.01. The van der Waals surface area contributed by atoms with Crippen molar-refractivity contribution in [1.82, 2.24) is 5.32 Å². The van der Waals surface area contributed by atoms with E-state index >= 15 is 0 Å². The fourth-order valence-corrected chi connectivity index (χ4v) is 5.00. The van der Waals surface area contributed by atoms with Gasteiger partial charge in [0.1, 0.15) is 6.10 Å². The largest absolute Gasteiger partial charge is 0.394 e. The van der Waals surface area contributed by atoms with Crippen molar-refractivity contribution < 1.29 is 20.1 Å². The molecule has 41 heavy (non-hydrogen) atoms. The van der Waals surface area contributed by atoms with Gasteiger partial charge in [-0.15, -0.1) is 0 Å². The van der Waals surface area contributed by atoms with Crippen LogP contribution in [0.2, 0.25) is 0 Å². The summed E-state index contributed by atoms with van der Waals surface area (Å²) >= 11 is 0. The minimum absolute atomic E-state index is 0.171. The van der Waals surface area contributed by atoms with Gasteiger partial charge in [0.25, 0.3) is 0 Å². The van der Waals surface area contributed by atoms with Crippen molar-refractivity contribution in [2.75, 3.05) is 6.61 Å². The predicted octanol–water partition coefficient (Wildman–Crippen LogP) is 8.87. The summed E-state index contributed by atoms with van der Waals surface area (Å²) in [4.78, 5) is 12.3. The molecule has 0 spiro atoms. The molecule has 0 heterocycles. The fourth-order valence-electron chi connectivity index (χ4n) is 5.00. The van der Waals surface area contributed by atoms with Crippen LogP contribution in [0.3, 0.4) is 0 Å². The van der Waals surface area contributed by atoms with Crippen molar-refractivity contribution >= 4 is 5.91 Å². The lowest BCUT2D eigenvalue weighted by Crippen LogP contribution is -2.50. The summed E-state index contributed by atoms with van der Waals surface area (Å²) < 4.78 is 0. The lowest BCUT2D eigenvalue weighted by Gasteiger charge is -2.26. The van der Waals surface area contributed by atoms with E-state index in [1.165, 1.54) is 77.0 Å². The Bertz CT molecular complexity index is 645. The number of hydrogen-bond donors (Lipinski definition) is 4. The molecule has 0 aromatic carbocycles. The first-order valence-electron chi connectivity index (χ1n) is 17.3. The summed E-state index contributed by atoms with van der Waals surface area (Å²) in [5, 5.41) is 33.1. The zero-order valence-corrected chi connectivity index (χ0v) is 26.9. The average molecular weight is 578 g/mol. The summed E-state index contributed by atoms with van der Waals surface area (Å²) in [7, 11) is 0. The number of aliphatic hydroxyl groups is 3. The second kappa shape index (κ2) is 31.5. The summed E-state index contributed by atoms with van der Waals surface area (Å²) in [6.07, 6.45) is 36.8. The number of rotatable bonds is 30. The van der Waals surface area contributed by atoms with E-state index in [1.54, 1.807) is 0 Å². The zero-order valence-electron chi connectivity index (χ0n) is 26.9. The first kappa shape index (κ1) is 39.6. The highest BCUT2D eigenvalue weighted by Gasteiger charge is 2.26. The van der Waals surface area contributed by atoms with Crippen LogP contribution in [0.1, 0.15) is 162 Å². The Kier molecular flexibility index (Phi) is 30.4. The van der Waals surface area contributed by atoms with Crippen molar-refractivity contribution in [1.29, 1.82) is 0 Å². The third-order valence-corrected chi connectivity index (χ3v) is 7.70. The molecule has 4 N–H and O–H groups in total. The van der Waals surface area contributed by atoms with Gasteiger partial charge in [0.05, 0.1) is 18.8 Å². The molecule has 0 aliphatic carbocycles. The average Bonchev–Trinajstić information content (AvgIpc) is 2.97. The molecule has 0 bridgehead atoms. The maximum absolute atomic E-state index is 12.3. The van der Waals surface area contributed by atoms with Gasteiger partial charge in [0.15, 0.2) is 0 Å². The maximum atomic E-state index is 12.3. The molecule has 5 nitrogen and oxygen atoms in total. The molecule has 0 saturated carbocycles. The molecular formula is C36H67NO4. The Labute approximate surface area is 254 Å². The number of nitrogens with one attached hydrogen (secondary N) is 1. The molecule has 0 saturated heterocycles. The van der Waals surface area contributed by atoms with E-state index in [1.807, 2.05) is 0 Å². The molecule has 0 aromatic heterocycles.